The third-order valence-electron chi connectivity index (χ3n) is 7.06. The highest BCUT2D eigenvalue weighted by atomic mass is 16.5. The molecule has 2 aromatic rings. The average Bonchev–Trinajstić information content (AvgIpc) is 3.52. The Bertz CT molecular complexity index is 1130. The number of carbonyl (C=O) groups excluding carboxylic acids is 2. The molecule has 3 heterocycles. The van der Waals surface area contributed by atoms with Gasteiger partial charge in [-0.3, -0.25) is 14.5 Å². The molecule has 2 aliphatic rings. The molecule has 9 nitrogen and oxygen atoms in total. The van der Waals surface area contributed by atoms with Crippen molar-refractivity contribution in [3.05, 3.63) is 53.9 Å². The monoisotopic (exact) mass is 523 g/mol. The first-order chi connectivity index (χ1) is 18.1. The van der Waals surface area contributed by atoms with Gasteiger partial charge in [0.05, 0.1) is 37.8 Å². The molecule has 206 valence electrons. The van der Waals surface area contributed by atoms with Gasteiger partial charge >= 0.3 is 0 Å². The van der Waals surface area contributed by atoms with Gasteiger partial charge in [0, 0.05) is 52.3 Å². The second-order valence-corrected chi connectivity index (χ2v) is 11.3. The average molecular weight is 524 g/mol. The van der Waals surface area contributed by atoms with Crippen LogP contribution in [0.4, 0.5) is 0 Å². The van der Waals surface area contributed by atoms with Crippen molar-refractivity contribution in [2.75, 3.05) is 53.0 Å². The normalized spacial score (nSPS) is 18.4. The fourth-order valence-corrected chi connectivity index (χ4v) is 4.92. The molecular weight excluding hydrogens is 482 g/mol. The van der Waals surface area contributed by atoms with Crippen molar-refractivity contribution in [3.63, 3.8) is 0 Å². The summed E-state index contributed by atoms with van der Waals surface area (Å²) in [5.41, 5.74) is 2.64. The molecule has 9 heteroatoms. The first-order valence-electron chi connectivity index (χ1n) is 13.4. The second kappa shape index (κ2) is 12.1. The predicted octanol–water partition coefficient (Wildman–Crippen LogP) is 3.31. The molecule has 1 fully saturated rings. The Labute approximate surface area is 226 Å². The van der Waals surface area contributed by atoms with Gasteiger partial charge in [-0.1, -0.05) is 32.9 Å². The quantitative estimate of drug-likeness (QED) is 0.504. The van der Waals surface area contributed by atoms with Crippen LogP contribution in [0.5, 0.6) is 5.75 Å². The molecule has 0 bridgehead atoms. The van der Waals surface area contributed by atoms with Gasteiger partial charge in [-0.05, 0) is 35.2 Å². The molecule has 38 heavy (non-hydrogen) atoms. The number of carbonyl (C=O) groups is 2. The number of morpholine rings is 1. The number of aromatic nitrogens is 1. The van der Waals surface area contributed by atoms with Crippen LogP contribution in [-0.4, -0.2) is 89.9 Å². The molecule has 1 atom stereocenters. The summed E-state index contributed by atoms with van der Waals surface area (Å²) in [6.45, 7) is 10.4. The lowest BCUT2D eigenvalue weighted by atomic mass is 9.91. The van der Waals surface area contributed by atoms with Crippen molar-refractivity contribution in [3.8, 4) is 5.75 Å². The van der Waals surface area contributed by atoms with E-state index >= 15 is 0 Å². The standard InChI is InChI=1S/C29H41N5O4/c1-29(2,3)20-27(35)33(14-13-32-15-17-38-18-16-32)21-28(36)34-26(22-8-10-23(37-5)11-9-22)19-24(30-34)25-7-6-12-31(25)4/h6-12,26H,13-21H2,1-5H3/t26-/m1/s1. The van der Waals surface area contributed by atoms with E-state index in [1.165, 1.54) is 0 Å². The molecule has 0 saturated carbocycles. The van der Waals surface area contributed by atoms with Gasteiger partial charge in [0.2, 0.25) is 5.91 Å². The van der Waals surface area contributed by atoms with E-state index in [-0.39, 0.29) is 29.8 Å². The van der Waals surface area contributed by atoms with Crippen LogP contribution in [0, 0.1) is 5.41 Å². The maximum atomic E-state index is 13.8. The van der Waals surface area contributed by atoms with Crippen LogP contribution < -0.4 is 4.74 Å². The van der Waals surface area contributed by atoms with Crippen LogP contribution >= 0.6 is 0 Å². The van der Waals surface area contributed by atoms with E-state index in [1.807, 2.05) is 75.0 Å². The van der Waals surface area contributed by atoms with Crippen LogP contribution in [-0.2, 0) is 21.4 Å². The van der Waals surface area contributed by atoms with E-state index in [4.69, 9.17) is 14.6 Å². The molecule has 0 N–H and O–H groups in total. The molecule has 2 aliphatic heterocycles. The lowest BCUT2D eigenvalue weighted by molar-refractivity contribution is -0.142. The van der Waals surface area contributed by atoms with E-state index in [1.54, 1.807) is 17.0 Å². The van der Waals surface area contributed by atoms with Gasteiger partial charge in [0.1, 0.15) is 12.3 Å². The zero-order valence-electron chi connectivity index (χ0n) is 23.4. The van der Waals surface area contributed by atoms with E-state index in [2.05, 4.69) is 4.90 Å². The molecule has 0 unspecified atom stereocenters. The fourth-order valence-electron chi connectivity index (χ4n) is 4.92. The Morgan fingerprint density at radius 2 is 1.84 bits per heavy atom. The summed E-state index contributed by atoms with van der Waals surface area (Å²) in [6.07, 6.45) is 2.95. The number of hydrazone groups is 1. The number of ether oxygens (including phenoxy) is 2. The molecule has 0 radical (unpaired) electrons. The molecule has 4 rings (SSSR count). The Morgan fingerprint density at radius 1 is 1.13 bits per heavy atom. The van der Waals surface area contributed by atoms with Crippen molar-refractivity contribution in [2.45, 2.75) is 39.7 Å². The van der Waals surface area contributed by atoms with E-state index in [9.17, 15) is 9.59 Å². The number of benzene rings is 1. The third kappa shape index (κ3) is 7.02. The largest absolute Gasteiger partial charge is 0.497 e. The van der Waals surface area contributed by atoms with Gasteiger partial charge in [-0.15, -0.1) is 0 Å². The first-order valence-corrected chi connectivity index (χ1v) is 13.4. The lowest BCUT2D eigenvalue weighted by Gasteiger charge is -2.32. The highest BCUT2D eigenvalue weighted by molar-refractivity contribution is 6.02. The van der Waals surface area contributed by atoms with Crippen molar-refractivity contribution < 1.29 is 19.1 Å². The van der Waals surface area contributed by atoms with Gasteiger partial charge in [-0.2, -0.15) is 5.10 Å². The lowest BCUT2D eigenvalue weighted by Crippen LogP contribution is -2.47. The smallest absolute Gasteiger partial charge is 0.262 e. The molecule has 2 amide bonds. The number of nitrogens with zero attached hydrogens (tertiary/aromatic N) is 5. The summed E-state index contributed by atoms with van der Waals surface area (Å²) in [4.78, 5) is 31.2. The van der Waals surface area contributed by atoms with Crippen LogP contribution in [0.2, 0.25) is 0 Å². The summed E-state index contributed by atoms with van der Waals surface area (Å²) < 4.78 is 12.8. The minimum Gasteiger partial charge on any atom is -0.497 e. The minimum atomic E-state index is -0.253. The topological polar surface area (TPSA) is 79.6 Å². The molecular formula is C29H41N5O4. The van der Waals surface area contributed by atoms with Crippen molar-refractivity contribution in [1.29, 1.82) is 0 Å². The highest BCUT2D eigenvalue weighted by Gasteiger charge is 2.35. The van der Waals surface area contributed by atoms with Gasteiger partial charge in [0.15, 0.2) is 0 Å². The zero-order chi connectivity index (χ0) is 27.3. The maximum Gasteiger partial charge on any atom is 0.262 e. The highest BCUT2D eigenvalue weighted by Crippen LogP contribution is 2.34. The van der Waals surface area contributed by atoms with Crippen molar-refractivity contribution >= 4 is 17.5 Å². The number of amides is 2. The number of hydrogen-bond acceptors (Lipinski definition) is 6. The molecule has 1 aromatic heterocycles. The summed E-state index contributed by atoms with van der Waals surface area (Å²) in [5, 5.41) is 6.39. The summed E-state index contributed by atoms with van der Waals surface area (Å²) in [7, 11) is 3.61. The predicted molar refractivity (Wildman–Crippen MR) is 147 cm³/mol. The van der Waals surface area contributed by atoms with Crippen LogP contribution in [0.15, 0.2) is 47.7 Å². The van der Waals surface area contributed by atoms with E-state index < -0.39 is 0 Å². The van der Waals surface area contributed by atoms with Crippen molar-refractivity contribution in [1.82, 2.24) is 19.4 Å². The van der Waals surface area contributed by atoms with Crippen LogP contribution in [0.3, 0.4) is 0 Å². The molecule has 0 spiro atoms. The van der Waals surface area contributed by atoms with E-state index in [0.29, 0.717) is 39.1 Å². The number of methoxy groups -OCH3 is 1. The fraction of sp³-hybridized carbons (Fsp3) is 0.552. The SMILES string of the molecule is COc1ccc([C@H]2CC(c3cccn3C)=NN2C(=O)CN(CCN2CCOCC2)C(=O)CC(C)(C)C)cc1. The second-order valence-electron chi connectivity index (χ2n) is 11.3. The first kappa shape index (κ1) is 27.9. The van der Waals surface area contributed by atoms with Gasteiger partial charge in [0.25, 0.3) is 5.91 Å². The summed E-state index contributed by atoms with van der Waals surface area (Å²) in [6, 6.07) is 11.5. The van der Waals surface area contributed by atoms with Crippen LogP contribution in [0.25, 0.3) is 0 Å². The Kier molecular flexibility index (Phi) is 8.89. The third-order valence-corrected chi connectivity index (χ3v) is 7.06. The Hall–Kier alpha value is -3.17. The summed E-state index contributed by atoms with van der Waals surface area (Å²) in [5.74, 6) is 0.570. The van der Waals surface area contributed by atoms with Crippen molar-refractivity contribution in [2.24, 2.45) is 17.6 Å². The van der Waals surface area contributed by atoms with Crippen LogP contribution in [0.1, 0.15) is 50.9 Å². The molecule has 1 saturated heterocycles. The minimum absolute atomic E-state index is 0.00414. The van der Waals surface area contributed by atoms with E-state index in [0.717, 1.165) is 35.8 Å². The number of rotatable bonds is 9. The Morgan fingerprint density at radius 3 is 2.45 bits per heavy atom. The molecule has 1 aromatic carbocycles. The maximum absolute atomic E-state index is 13.8. The zero-order valence-corrected chi connectivity index (χ0v) is 23.4. The molecule has 0 aliphatic carbocycles. The summed E-state index contributed by atoms with van der Waals surface area (Å²) >= 11 is 0. The van der Waals surface area contributed by atoms with Gasteiger partial charge < -0.3 is 18.9 Å². The number of hydrogen-bond donors (Lipinski definition) is 0. The number of aryl methyl sites for hydroxylation is 1. The Balaban J connectivity index is 1.56. The van der Waals surface area contributed by atoms with Gasteiger partial charge in [-0.25, -0.2) is 5.01 Å².